The molecule has 1 aromatic rings. The first-order valence-electron chi connectivity index (χ1n) is 5.63. The number of nitrogens with one attached hydrogen (secondary N) is 1. The van der Waals surface area contributed by atoms with Crippen LogP contribution in [0.15, 0.2) is 12.3 Å². The molecule has 0 radical (unpaired) electrons. The highest BCUT2D eigenvalue weighted by atomic mass is 35.5. The average molecular weight is 242 g/mol. The van der Waals surface area contributed by atoms with Gasteiger partial charge in [-0.25, -0.2) is 4.98 Å². The molecule has 0 bridgehead atoms. The minimum absolute atomic E-state index is 0.469. The van der Waals surface area contributed by atoms with E-state index < -0.39 is 0 Å². The third-order valence-electron chi connectivity index (χ3n) is 2.43. The number of aromatic nitrogens is 1. The Labute approximate surface area is 103 Å². The number of nitrogens with zero attached hydrogens (tertiary/aromatic N) is 2. The maximum Gasteiger partial charge on any atom is 0.147 e. The highest BCUT2D eigenvalue weighted by Crippen LogP contribution is 2.22. The van der Waals surface area contributed by atoms with Crippen LogP contribution in [-0.2, 0) is 6.54 Å². The van der Waals surface area contributed by atoms with Gasteiger partial charge < -0.3 is 10.2 Å². The molecular weight excluding hydrogens is 222 g/mol. The van der Waals surface area contributed by atoms with Gasteiger partial charge >= 0.3 is 0 Å². The van der Waals surface area contributed by atoms with Crippen LogP contribution in [0.3, 0.4) is 0 Å². The highest BCUT2D eigenvalue weighted by Gasteiger charge is 2.07. The van der Waals surface area contributed by atoms with E-state index in [-0.39, 0.29) is 0 Å². The molecule has 0 fully saturated rings. The highest BCUT2D eigenvalue weighted by molar-refractivity contribution is 6.33. The van der Waals surface area contributed by atoms with Gasteiger partial charge in [0.05, 0.1) is 5.02 Å². The number of pyridine rings is 1. The Morgan fingerprint density at radius 1 is 1.50 bits per heavy atom. The molecule has 1 aromatic heterocycles. The Morgan fingerprint density at radius 3 is 2.69 bits per heavy atom. The molecule has 0 aliphatic rings. The van der Waals surface area contributed by atoms with Crippen molar-refractivity contribution in [2.45, 2.75) is 33.4 Å². The van der Waals surface area contributed by atoms with Crippen molar-refractivity contribution in [2.75, 3.05) is 18.5 Å². The summed E-state index contributed by atoms with van der Waals surface area (Å²) in [5.41, 5.74) is 1.12. The third-order valence-corrected chi connectivity index (χ3v) is 2.71. The van der Waals surface area contributed by atoms with Gasteiger partial charge in [0.15, 0.2) is 0 Å². The van der Waals surface area contributed by atoms with Gasteiger partial charge in [0.1, 0.15) is 5.82 Å². The Morgan fingerprint density at radius 2 is 2.19 bits per heavy atom. The van der Waals surface area contributed by atoms with E-state index in [1.807, 2.05) is 24.2 Å². The Balaban J connectivity index is 2.74. The lowest BCUT2D eigenvalue weighted by Crippen LogP contribution is -2.22. The monoisotopic (exact) mass is 241 g/mol. The summed E-state index contributed by atoms with van der Waals surface area (Å²) >= 11 is 6.19. The Kier molecular flexibility index (Phi) is 5.03. The van der Waals surface area contributed by atoms with Gasteiger partial charge in [-0.1, -0.05) is 25.4 Å². The van der Waals surface area contributed by atoms with E-state index >= 15 is 0 Å². The summed E-state index contributed by atoms with van der Waals surface area (Å²) in [6, 6.07) is 2.45. The Hall–Kier alpha value is -0.800. The van der Waals surface area contributed by atoms with Gasteiger partial charge in [-0.2, -0.15) is 0 Å². The third kappa shape index (κ3) is 3.65. The van der Waals surface area contributed by atoms with Crippen LogP contribution in [0, 0.1) is 0 Å². The molecule has 0 amide bonds. The summed E-state index contributed by atoms with van der Waals surface area (Å²) in [6.45, 7) is 8.02. The van der Waals surface area contributed by atoms with Crippen molar-refractivity contribution in [3.63, 3.8) is 0 Å². The van der Waals surface area contributed by atoms with Crippen LogP contribution in [-0.4, -0.2) is 24.6 Å². The Bertz CT molecular complexity index is 339. The lowest BCUT2D eigenvalue weighted by atomic mass is 10.2. The van der Waals surface area contributed by atoms with Crippen molar-refractivity contribution in [3.8, 4) is 0 Å². The first-order valence-corrected chi connectivity index (χ1v) is 6.01. The lowest BCUT2D eigenvalue weighted by Gasteiger charge is -2.17. The second-order valence-corrected chi connectivity index (χ2v) is 4.61. The van der Waals surface area contributed by atoms with Crippen molar-refractivity contribution >= 4 is 17.4 Å². The molecule has 1 heterocycles. The maximum atomic E-state index is 6.19. The smallest absolute Gasteiger partial charge is 0.147 e. The molecule has 0 aromatic carbocycles. The van der Waals surface area contributed by atoms with Crippen molar-refractivity contribution in [3.05, 3.63) is 22.8 Å². The summed E-state index contributed by atoms with van der Waals surface area (Å²) in [6.07, 6.45) is 1.88. The molecule has 4 heteroatoms. The van der Waals surface area contributed by atoms with Crippen molar-refractivity contribution < 1.29 is 0 Å². The standard InChI is InChI=1S/C12H20ClN3/c1-5-16(4)12-11(13)6-10(8-15-12)7-14-9(2)3/h6,8-9,14H,5,7H2,1-4H3. The van der Waals surface area contributed by atoms with E-state index in [0.29, 0.717) is 11.1 Å². The van der Waals surface area contributed by atoms with Crippen LogP contribution in [0.4, 0.5) is 5.82 Å². The van der Waals surface area contributed by atoms with E-state index in [4.69, 9.17) is 11.6 Å². The van der Waals surface area contributed by atoms with E-state index in [0.717, 1.165) is 24.5 Å². The zero-order valence-electron chi connectivity index (χ0n) is 10.4. The van der Waals surface area contributed by atoms with Gasteiger partial charge in [0.2, 0.25) is 0 Å². The quantitative estimate of drug-likeness (QED) is 0.859. The van der Waals surface area contributed by atoms with Crippen LogP contribution in [0.2, 0.25) is 5.02 Å². The summed E-state index contributed by atoms with van der Waals surface area (Å²) in [7, 11) is 1.99. The first kappa shape index (κ1) is 13.3. The normalized spacial score (nSPS) is 10.9. The predicted octanol–water partition coefficient (Wildman–Crippen LogP) is 2.69. The summed E-state index contributed by atoms with van der Waals surface area (Å²) in [5.74, 6) is 0.845. The summed E-state index contributed by atoms with van der Waals surface area (Å²) in [4.78, 5) is 6.41. The number of anilines is 1. The van der Waals surface area contributed by atoms with Crippen molar-refractivity contribution in [1.82, 2.24) is 10.3 Å². The fourth-order valence-electron chi connectivity index (χ4n) is 1.32. The van der Waals surface area contributed by atoms with Gasteiger partial charge in [-0.05, 0) is 18.6 Å². The number of rotatable bonds is 5. The summed E-state index contributed by atoms with van der Waals surface area (Å²) in [5, 5.41) is 4.05. The fourth-order valence-corrected chi connectivity index (χ4v) is 1.65. The van der Waals surface area contributed by atoms with Crippen LogP contribution in [0.25, 0.3) is 0 Å². The van der Waals surface area contributed by atoms with Gasteiger partial charge in [0.25, 0.3) is 0 Å². The average Bonchev–Trinajstić information content (AvgIpc) is 2.25. The van der Waals surface area contributed by atoms with Crippen molar-refractivity contribution in [2.24, 2.45) is 0 Å². The van der Waals surface area contributed by atoms with Crippen LogP contribution >= 0.6 is 11.6 Å². The van der Waals surface area contributed by atoms with E-state index in [9.17, 15) is 0 Å². The molecule has 0 aliphatic heterocycles. The first-order chi connectivity index (χ1) is 7.54. The molecule has 3 nitrogen and oxygen atoms in total. The second-order valence-electron chi connectivity index (χ2n) is 4.20. The molecule has 0 atom stereocenters. The molecule has 90 valence electrons. The van der Waals surface area contributed by atoms with Crippen molar-refractivity contribution in [1.29, 1.82) is 0 Å². The molecule has 16 heavy (non-hydrogen) atoms. The number of halogens is 1. The van der Waals surface area contributed by atoms with Crippen LogP contribution in [0.1, 0.15) is 26.3 Å². The molecular formula is C12H20ClN3. The molecule has 0 aliphatic carbocycles. The fraction of sp³-hybridized carbons (Fsp3) is 0.583. The van der Waals surface area contributed by atoms with Crippen LogP contribution < -0.4 is 10.2 Å². The van der Waals surface area contributed by atoms with Gasteiger partial charge in [0, 0.05) is 32.4 Å². The molecule has 0 saturated carbocycles. The molecule has 0 saturated heterocycles. The summed E-state index contributed by atoms with van der Waals surface area (Å²) < 4.78 is 0. The second kappa shape index (κ2) is 6.06. The largest absolute Gasteiger partial charge is 0.359 e. The van der Waals surface area contributed by atoms with Gasteiger partial charge in [-0.3, -0.25) is 0 Å². The zero-order valence-corrected chi connectivity index (χ0v) is 11.2. The van der Waals surface area contributed by atoms with Gasteiger partial charge in [-0.15, -0.1) is 0 Å². The SMILES string of the molecule is CCN(C)c1ncc(CNC(C)C)cc1Cl. The molecule has 0 spiro atoms. The predicted molar refractivity (Wildman–Crippen MR) is 70.2 cm³/mol. The van der Waals surface area contributed by atoms with E-state index in [1.165, 1.54) is 0 Å². The lowest BCUT2D eigenvalue weighted by molar-refractivity contribution is 0.588. The number of hydrogen-bond donors (Lipinski definition) is 1. The van der Waals surface area contributed by atoms with Crippen LogP contribution in [0.5, 0.6) is 0 Å². The molecule has 1 N–H and O–H groups in total. The topological polar surface area (TPSA) is 28.2 Å². The molecule has 0 unspecified atom stereocenters. The van der Waals surface area contributed by atoms with E-state index in [2.05, 4.69) is 31.1 Å². The maximum absolute atomic E-state index is 6.19. The van der Waals surface area contributed by atoms with E-state index in [1.54, 1.807) is 0 Å². The minimum atomic E-state index is 0.469. The zero-order chi connectivity index (χ0) is 12.1. The molecule has 1 rings (SSSR count). The minimum Gasteiger partial charge on any atom is -0.359 e. The number of hydrogen-bond acceptors (Lipinski definition) is 3.